The molecule has 0 radical (unpaired) electrons. The molecule has 1 aromatic rings. The lowest BCUT2D eigenvalue weighted by Gasteiger charge is -2.24. The zero-order chi connectivity index (χ0) is 13.3. The van der Waals surface area contributed by atoms with E-state index in [1.54, 1.807) is 12.1 Å². The highest BCUT2D eigenvalue weighted by atomic mass is 35.5. The van der Waals surface area contributed by atoms with Crippen molar-refractivity contribution < 1.29 is 9.13 Å². The number of hydrogen-bond donors (Lipinski definition) is 0. The van der Waals surface area contributed by atoms with Gasteiger partial charge in [0, 0.05) is 11.3 Å². The monoisotopic (exact) mass is 270 g/mol. The van der Waals surface area contributed by atoms with Gasteiger partial charge in [0.1, 0.15) is 5.82 Å². The topological polar surface area (TPSA) is 9.23 Å². The van der Waals surface area contributed by atoms with E-state index in [-0.39, 0.29) is 23.4 Å². The predicted octanol–water partition coefficient (Wildman–Crippen LogP) is 4.04. The quantitative estimate of drug-likeness (QED) is 0.754. The third kappa shape index (κ3) is 2.86. The van der Waals surface area contributed by atoms with Gasteiger partial charge in [-0.1, -0.05) is 19.1 Å². The maximum atomic E-state index is 13.1. The number of hydrogen-bond acceptors (Lipinski definition) is 1. The Kier molecular flexibility index (Phi) is 4.29. The summed E-state index contributed by atoms with van der Waals surface area (Å²) < 4.78 is 19.0. The van der Waals surface area contributed by atoms with Crippen LogP contribution in [0.1, 0.15) is 26.3 Å². The Hall–Kier alpha value is -0.600. The lowest BCUT2D eigenvalue weighted by Crippen LogP contribution is -2.28. The van der Waals surface area contributed by atoms with E-state index >= 15 is 0 Å². The lowest BCUT2D eigenvalue weighted by molar-refractivity contribution is 0.0508. The highest BCUT2D eigenvalue weighted by molar-refractivity contribution is 6.21. The summed E-state index contributed by atoms with van der Waals surface area (Å²) in [6.07, 6.45) is 1.11. The van der Waals surface area contributed by atoms with E-state index in [9.17, 15) is 4.39 Å². The van der Waals surface area contributed by atoms with Crippen molar-refractivity contribution in [1.82, 2.24) is 0 Å². The molecule has 1 fully saturated rings. The minimum atomic E-state index is -0.200. The summed E-state index contributed by atoms with van der Waals surface area (Å²) in [5.74, 6) is 0.564. The molecule has 5 unspecified atom stereocenters. The van der Waals surface area contributed by atoms with Gasteiger partial charge in [0.25, 0.3) is 0 Å². The van der Waals surface area contributed by atoms with E-state index in [0.717, 1.165) is 5.56 Å². The predicted molar refractivity (Wildman–Crippen MR) is 72.4 cm³/mol. The largest absolute Gasteiger partial charge is 0.375 e. The smallest absolute Gasteiger partial charge is 0.123 e. The van der Waals surface area contributed by atoms with Gasteiger partial charge in [-0.25, -0.2) is 4.39 Å². The normalized spacial score (nSPS) is 33.6. The highest BCUT2D eigenvalue weighted by Crippen LogP contribution is 2.37. The Bertz CT molecular complexity index is 409. The van der Waals surface area contributed by atoms with Crippen molar-refractivity contribution in [1.29, 1.82) is 0 Å². The first-order valence-corrected chi connectivity index (χ1v) is 6.96. The van der Waals surface area contributed by atoms with Crippen molar-refractivity contribution >= 4 is 11.6 Å². The van der Waals surface area contributed by atoms with Crippen LogP contribution in [0, 0.1) is 17.7 Å². The van der Waals surface area contributed by atoms with Gasteiger partial charge in [-0.3, -0.25) is 0 Å². The second-order valence-corrected chi connectivity index (χ2v) is 5.89. The highest BCUT2D eigenvalue weighted by Gasteiger charge is 2.40. The fourth-order valence-corrected chi connectivity index (χ4v) is 3.55. The molecule has 0 saturated carbocycles. The van der Waals surface area contributed by atoms with Crippen molar-refractivity contribution in [3.8, 4) is 0 Å². The number of rotatable bonds is 3. The van der Waals surface area contributed by atoms with Crippen LogP contribution in [0.25, 0.3) is 0 Å². The van der Waals surface area contributed by atoms with Crippen LogP contribution in [-0.2, 0) is 11.2 Å². The molecule has 0 aliphatic carbocycles. The Morgan fingerprint density at radius 2 is 2.00 bits per heavy atom. The molecular weight excluding hydrogens is 251 g/mol. The first-order chi connectivity index (χ1) is 8.49. The van der Waals surface area contributed by atoms with Crippen LogP contribution < -0.4 is 0 Å². The minimum Gasteiger partial charge on any atom is -0.375 e. The summed E-state index contributed by atoms with van der Waals surface area (Å²) in [7, 11) is 0. The maximum Gasteiger partial charge on any atom is 0.123 e. The maximum absolute atomic E-state index is 13.1. The van der Waals surface area contributed by atoms with Gasteiger partial charge in [-0.2, -0.15) is 0 Å². The Morgan fingerprint density at radius 1 is 1.28 bits per heavy atom. The fraction of sp³-hybridized carbons (Fsp3) is 0.600. The van der Waals surface area contributed by atoms with Crippen molar-refractivity contribution in [3.05, 3.63) is 35.6 Å². The molecule has 2 rings (SSSR count). The van der Waals surface area contributed by atoms with E-state index in [1.807, 2.05) is 6.07 Å². The molecule has 100 valence electrons. The van der Waals surface area contributed by atoms with Gasteiger partial charge >= 0.3 is 0 Å². The van der Waals surface area contributed by atoms with Gasteiger partial charge in [0.05, 0.1) is 12.2 Å². The van der Waals surface area contributed by atoms with E-state index in [2.05, 4.69) is 20.8 Å². The standard InChI is InChI=1S/C15H20ClFO/c1-9-10(2)18-11(3)15(9)14(16)8-12-5-4-6-13(17)7-12/h4-7,9-11,14-15H,8H2,1-3H3. The van der Waals surface area contributed by atoms with Crippen molar-refractivity contribution in [2.45, 2.75) is 44.8 Å². The van der Waals surface area contributed by atoms with E-state index < -0.39 is 0 Å². The molecule has 0 spiro atoms. The molecule has 1 heterocycles. The van der Waals surface area contributed by atoms with Gasteiger partial charge in [0.2, 0.25) is 0 Å². The van der Waals surface area contributed by atoms with Crippen LogP contribution in [-0.4, -0.2) is 17.6 Å². The van der Waals surface area contributed by atoms with Crippen LogP contribution >= 0.6 is 11.6 Å². The molecule has 0 aromatic heterocycles. The summed E-state index contributed by atoms with van der Waals surface area (Å²) in [5, 5.41) is -0.0123. The third-order valence-electron chi connectivity index (χ3n) is 4.06. The molecule has 0 bridgehead atoms. The van der Waals surface area contributed by atoms with Crippen LogP contribution in [0.15, 0.2) is 24.3 Å². The molecular formula is C15H20ClFO. The molecule has 1 aromatic carbocycles. The Balaban J connectivity index is 2.06. The number of halogens is 2. The zero-order valence-corrected chi connectivity index (χ0v) is 11.8. The average Bonchev–Trinajstić information content (AvgIpc) is 2.53. The van der Waals surface area contributed by atoms with Gasteiger partial charge in [0.15, 0.2) is 0 Å². The van der Waals surface area contributed by atoms with Crippen LogP contribution in [0.5, 0.6) is 0 Å². The summed E-state index contributed by atoms with van der Waals surface area (Å²) in [4.78, 5) is 0. The molecule has 1 aliphatic heterocycles. The second kappa shape index (κ2) is 5.58. The molecule has 18 heavy (non-hydrogen) atoms. The van der Waals surface area contributed by atoms with Crippen LogP contribution in [0.4, 0.5) is 4.39 Å². The fourth-order valence-electron chi connectivity index (χ4n) is 2.94. The van der Waals surface area contributed by atoms with E-state index in [0.29, 0.717) is 18.3 Å². The third-order valence-corrected chi connectivity index (χ3v) is 4.50. The number of ether oxygens (including phenoxy) is 1. The van der Waals surface area contributed by atoms with Crippen molar-refractivity contribution in [2.24, 2.45) is 11.8 Å². The summed E-state index contributed by atoms with van der Waals surface area (Å²) in [6, 6.07) is 6.67. The van der Waals surface area contributed by atoms with Crippen molar-refractivity contribution in [2.75, 3.05) is 0 Å². The summed E-state index contributed by atoms with van der Waals surface area (Å²) in [5.41, 5.74) is 0.953. The molecule has 1 aliphatic rings. The van der Waals surface area contributed by atoms with Crippen LogP contribution in [0.3, 0.4) is 0 Å². The number of alkyl halides is 1. The molecule has 0 N–H and O–H groups in total. The van der Waals surface area contributed by atoms with Gasteiger partial charge in [-0.15, -0.1) is 11.6 Å². The second-order valence-electron chi connectivity index (χ2n) is 5.33. The summed E-state index contributed by atoms with van der Waals surface area (Å²) in [6.45, 7) is 6.35. The molecule has 5 atom stereocenters. The zero-order valence-electron chi connectivity index (χ0n) is 11.1. The van der Waals surface area contributed by atoms with E-state index in [4.69, 9.17) is 16.3 Å². The average molecular weight is 271 g/mol. The van der Waals surface area contributed by atoms with Crippen molar-refractivity contribution in [3.63, 3.8) is 0 Å². The molecule has 1 nitrogen and oxygen atoms in total. The molecule has 0 amide bonds. The minimum absolute atomic E-state index is 0.0123. The Labute approximate surface area is 113 Å². The lowest BCUT2D eigenvalue weighted by atomic mass is 9.84. The van der Waals surface area contributed by atoms with E-state index in [1.165, 1.54) is 6.07 Å². The first-order valence-electron chi connectivity index (χ1n) is 6.53. The Morgan fingerprint density at radius 3 is 2.56 bits per heavy atom. The summed E-state index contributed by atoms with van der Waals surface area (Å²) >= 11 is 6.53. The van der Waals surface area contributed by atoms with Gasteiger partial charge < -0.3 is 4.74 Å². The van der Waals surface area contributed by atoms with Gasteiger partial charge in [-0.05, 0) is 43.9 Å². The van der Waals surface area contributed by atoms with Crippen LogP contribution in [0.2, 0.25) is 0 Å². The SMILES string of the molecule is CC1OC(C)C(C(Cl)Cc2cccc(F)c2)C1C. The first kappa shape index (κ1) is 13.8. The number of benzene rings is 1. The molecule has 1 saturated heterocycles. The molecule has 3 heteroatoms.